The molecule has 1 heterocycles. The fraction of sp³-hybridized carbons (Fsp3) is 0.857. The molecule has 2 rings (SSSR count). The van der Waals surface area contributed by atoms with E-state index in [0.717, 1.165) is 32.1 Å². The van der Waals surface area contributed by atoms with Crippen LogP contribution < -0.4 is 5.32 Å². The first-order valence-corrected chi connectivity index (χ1v) is 7.26. The van der Waals surface area contributed by atoms with Crippen molar-refractivity contribution in [1.82, 2.24) is 5.32 Å². The molecule has 0 radical (unpaired) electrons. The zero-order valence-corrected chi connectivity index (χ0v) is 11.4. The Labute approximate surface area is 113 Å². The standard InChI is InChI=1S/C14H23NO4/c1-9-7-8-11(19-9)13(16)15-12(14(17)18)10-5-3-2-4-6-10/h9-12H,2-8H2,1H3,(H,15,16)(H,17,18). The van der Waals surface area contributed by atoms with E-state index in [1.807, 2.05) is 6.92 Å². The van der Waals surface area contributed by atoms with Gasteiger partial charge in [-0.1, -0.05) is 19.3 Å². The normalized spacial score (nSPS) is 29.9. The average molecular weight is 269 g/mol. The van der Waals surface area contributed by atoms with E-state index in [0.29, 0.717) is 6.42 Å². The number of carboxylic acid groups (broad SMARTS) is 1. The molecule has 1 saturated heterocycles. The molecule has 0 bridgehead atoms. The van der Waals surface area contributed by atoms with Crippen molar-refractivity contribution in [3.63, 3.8) is 0 Å². The number of hydrogen-bond donors (Lipinski definition) is 2. The summed E-state index contributed by atoms with van der Waals surface area (Å²) in [6.07, 6.45) is 6.22. The molecule has 19 heavy (non-hydrogen) atoms. The lowest BCUT2D eigenvalue weighted by Gasteiger charge is -2.28. The predicted molar refractivity (Wildman–Crippen MR) is 69.7 cm³/mol. The molecule has 2 N–H and O–H groups in total. The number of amides is 1. The number of carbonyl (C=O) groups excluding carboxylic acids is 1. The highest BCUT2D eigenvalue weighted by atomic mass is 16.5. The van der Waals surface area contributed by atoms with Crippen LogP contribution in [0.25, 0.3) is 0 Å². The summed E-state index contributed by atoms with van der Waals surface area (Å²) >= 11 is 0. The van der Waals surface area contributed by atoms with Gasteiger partial charge in [-0.25, -0.2) is 4.79 Å². The molecule has 0 spiro atoms. The van der Waals surface area contributed by atoms with Gasteiger partial charge < -0.3 is 15.2 Å². The van der Waals surface area contributed by atoms with Crippen LogP contribution in [0.2, 0.25) is 0 Å². The first kappa shape index (κ1) is 14.3. The second kappa shape index (κ2) is 6.37. The number of carboxylic acids is 1. The summed E-state index contributed by atoms with van der Waals surface area (Å²) in [5.41, 5.74) is 0. The van der Waals surface area contributed by atoms with Gasteiger partial charge in [0.15, 0.2) is 0 Å². The lowest BCUT2D eigenvalue weighted by atomic mass is 9.84. The van der Waals surface area contributed by atoms with E-state index in [9.17, 15) is 14.7 Å². The first-order chi connectivity index (χ1) is 9.08. The van der Waals surface area contributed by atoms with Crippen LogP contribution in [0.5, 0.6) is 0 Å². The molecule has 5 nitrogen and oxygen atoms in total. The summed E-state index contributed by atoms with van der Waals surface area (Å²) in [7, 11) is 0. The van der Waals surface area contributed by atoms with Crippen LogP contribution in [0.4, 0.5) is 0 Å². The minimum atomic E-state index is -0.925. The highest BCUT2D eigenvalue weighted by Crippen LogP contribution is 2.27. The maximum atomic E-state index is 12.0. The Morgan fingerprint density at radius 2 is 1.84 bits per heavy atom. The van der Waals surface area contributed by atoms with Crippen LogP contribution in [-0.2, 0) is 14.3 Å². The quantitative estimate of drug-likeness (QED) is 0.814. The highest BCUT2D eigenvalue weighted by Gasteiger charge is 2.35. The summed E-state index contributed by atoms with van der Waals surface area (Å²) in [6.45, 7) is 1.93. The van der Waals surface area contributed by atoms with Crippen molar-refractivity contribution in [2.45, 2.75) is 70.1 Å². The largest absolute Gasteiger partial charge is 0.480 e. The van der Waals surface area contributed by atoms with E-state index in [2.05, 4.69) is 5.32 Å². The Bertz CT molecular complexity index is 338. The number of rotatable bonds is 4. The van der Waals surface area contributed by atoms with Crippen molar-refractivity contribution < 1.29 is 19.4 Å². The molecule has 1 aliphatic heterocycles. The van der Waals surface area contributed by atoms with Crippen molar-refractivity contribution in [2.75, 3.05) is 0 Å². The third kappa shape index (κ3) is 3.69. The number of nitrogens with one attached hydrogen (secondary N) is 1. The Morgan fingerprint density at radius 3 is 2.37 bits per heavy atom. The van der Waals surface area contributed by atoms with Crippen molar-refractivity contribution in [3.05, 3.63) is 0 Å². The Morgan fingerprint density at radius 1 is 1.16 bits per heavy atom. The molecular weight excluding hydrogens is 246 g/mol. The van der Waals surface area contributed by atoms with Crippen molar-refractivity contribution in [1.29, 1.82) is 0 Å². The van der Waals surface area contributed by atoms with Gasteiger partial charge in [-0.2, -0.15) is 0 Å². The van der Waals surface area contributed by atoms with Gasteiger partial charge in [-0.3, -0.25) is 4.79 Å². The van der Waals surface area contributed by atoms with Gasteiger partial charge in [0.2, 0.25) is 5.91 Å². The topological polar surface area (TPSA) is 75.6 Å². The number of aliphatic carboxylic acids is 1. The molecule has 0 aromatic rings. The molecule has 108 valence electrons. The van der Waals surface area contributed by atoms with Crippen LogP contribution in [0.3, 0.4) is 0 Å². The zero-order valence-electron chi connectivity index (χ0n) is 11.4. The molecule has 3 atom stereocenters. The number of hydrogen-bond acceptors (Lipinski definition) is 3. The molecule has 1 saturated carbocycles. The van der Waals surface area contributed by atoms with E-state index < -0.39 is 18.1 Å². The van der Waals surface area contributed by atoms with E-state index >= 15 is 0 Å². The fourth-order valence-electron chi connectivity index (χ4n) is 3.09. The molecule has 1 amide bonds. The second-order valence-electron chi connectivity index (χ2n) is 5.74. The summed E-state index contributed by atoms with van der Waals surface area (Å²) in [5.74, 6) is -1.12. The maximum Gasteiger partial charge on any atom is 0.326 e. The fourth-order valence-corrected chi connectivity index (χ4v) is 3.09. The molecule has 2 aliphatic rings. The van der Waals surface area contributed by atoms with Crippen LogP contribution in [0.15, 0.2) is 0 Å². The van der Waals surface area contributed by atoms with Gasteiger partial charge in [0.05, 0.1) is 6.10 Å². The Hall–Kier alpha value is -1.10. The molecule has 0 aromatic carbocycles. The number of carbonyl (C=O) groups is 2. The average Bonchev–Trinajstić information content (AvgIpc) is 2.83. The molecule has 5 heteroatoms. The molecule has 3 unspecified atom stereocenters. The molecule has 1 aliphatic carbocycles. The van der Waals surface area contributed by atoms with Gasteiger partial charge in [0.1, 0.15) is 12.1 Å². The maximum absolute atomic E-state index is 12.0. The summed E-state index contributed by atoms with van der Waals surface area (Å²) < 4.78 is 5.49. The lowest BCUT2D eigenvalue weighted by Crippen LogP contribution is -2.49. The van der Waals surface area contributed by atoms with E-state index in [1.54, 1.807) is 0 Å². The number of ether oxygens (including phenoxy) is 1. The van der Waals surface area contributed by atoms with Gasteiger partial charge in [0, 0.05) is 0 Å². The molecular formula is C14H23NO4. The minimum absolute atomic E-state index is 0.0639. The van der Waals surface area contributed by atoms with Crippen LogP contribution >= 0.6 is 0 Å². The van der Waals surface area contributed by atoms with Gasteiger partial charge in [0.25, 0.3) is 0 Å². The van der Waals surface area contributed by atoms with Crippen molar-refractivity contribution in [3.8, 4) is 0 Å². The second-order valence-corrected chi connectivity index (χ2v) is 5.74. The smallest absolute Gasteiger partial charge is 0.326 e. The summed E-state index contributed by atoms with van der Waals surface area (Å²) in [5, 5.41) is 12.0. The Balaban J connectivity index is 1.92. The highest BCUT2D eigenvalue weighted by molar-refractivity contribution is 5.86. The minimum Gasteiger partial charge on any atom is -0.480 e. The van der Waals surface area contributed by atoms with Crippen LogP contribution in [0.1, 0.15) is 51.9 Å². The molecule has 0 aromatic heterocycles. The third-order valence-corrected chi connectivity index (χ3v) is 4.21. The lowest BCUT2D eigenvalue weighted by molar-refractivity contribution is -0.146. The molecule has 2 fully saturated rings. The van der Waals surface area contributed by atoms with Crippen LogP contribution in [-0.4, -0.2) is 35.2 Å². The van der Waals surface area contributed by atoms with Gasteiger partial charge >= 0.3 is 5.97 Å². The Kier molecular flexibility index (Phi) is 4.80. The SMILES string of the molecule is CC1CCC(C(=O)NC(C(=O)O)C2CCCCC2)O1. The predicted octanol–water partition coefficient (Wildman–Crippen LogP) is 1.70. The van der Waals surface area contributed by atoms with E-state index in [-0.39, 0.29) is 17.9 Å². The van der Waals surface area contributed by atoms with Crippen molar-refractivity contribution in [2.24, 2.45) is 5.92 Å². The monoisotopic (exact) mass is 269 g/mol. The summed E-state index contributed by atoms with van der Waals surface area (Å²) in [4.78, 5) is 23.4. The third-order valence-electron chi connectivity index (χ3n) is 4.21. The van der Waals surface area contributed by atoms with Gasteiger partial charge in [-0.15, -0.1) is 0 Å². The summed E-state index contributed by atoms with van der Waals surface area (Å²) in [6, 6.07) is -0.757. The zero-order chi connectivity index (χ0) is 13.8. The van der Waals surface area contributed by atoms with E-state index in [1.165, 1.54) is 6.42 Å². The van der Waals surface area contributed by atoms with E-state index in [4.69, 9.17) is 4.74 Å². The van der Waals surface area contributed by atoms with Gasteiger partial charge in [-0.05, 0) is 38.5 Å². The van der Waals surface area contributed by atoms with Crippen molar-refractivity contribution >= 4 is 11.9 Å². The first-order valence-electron chi connectivity index (χ1n) is 7.26. The van der Waals surface area contributed by atoms with Crippen LogP contribution in [0, 0.1) is 5.92 Å².